The van der Waals surface area contributed by atoms with Crippen molar-refractivity contribution in [2.45, 2.75) is 19.5 Å². The average Bonchev–Trinajstić information content (AvgIpc) is 3.54. The minimum Gasteiger partial charge on any atom is -0.497 e. The predicted octanol–water partition coefficient (Wildman–Crippen LogP) is 6.13. The molecule has 3 aromatic carbocycles. The molecule has 39 heavy (non-hydrogen) atoms. The van der Waals surface area contributed by atoms with Crippen molar-refractivity contribution in [3.63, 3.8) is 0 Å². The highest BCUT2D eigenvalue weighted by atomic mass is 16.5. The lowest BCUT2D eigenvalue weighted by Crippen LogP contribution is -2.38. The number of rotatable bonds is 5. The fourth-order valence-corrected chi connectivity index (χ4v) is 5.18. The molecule has 8 heteroatoms. The van der Waals surface area contributed by atoms with Crippen molar-refractivity contribution in [2.75, 3.05) is 19.5 Å². The van der Waals surface area contributed by atoms with Crippen molar-refractivity contribution in [2.24, 2.45) is 0 Å². The lowest BCUT2D eigenvalue weighted by Gasteiger charge is -2.31. The molecule has 2 amide bonds. The summed E-state index contributed by atoms with van der Waals surface area (Å²) in [4.78, 5) is 15.9. The van der Waals surface area contributed by atoms with Gasteiger partial charge in [-0.05, 0) is 73.2 Å². The highest BCUT2D eigenvalue weighted by Crippen LogP contribution is 2.39. The van der Waals surface area contributed by atoms with Crippen LogP contribution in [0.5, 0.6) is 11.5 Å². The molecule has 2 aromatic heterocycles. The van der Waals surface area contributed by atoms with E-state index in [1.54, 1.807) is 14.2 Å². The molecule has 0 radical (unpaired) electrons. The van der Waals surface area contributed by atoms with Crippen LogP contribution < -0.4 is 14.8 Å². The first-order chi connectivity index (χ1) is 19.1. The van der Waals surface area contributed by atoms with E-state index < -0.39 is 0 Å². The van der Waals surface area contributed by atoms with Gasteiger partial charge in [-0.15, -0.1) is 0 Å². The maximum absolute atomic E-state index is 14.1. The normalized spacial score (nSPS) is 14.2. The van der Waals surface area contributed by atoms with E-state index in [4.69, 9.17) is 14.6 Å². The van der Waals surface area contributed by atoms with Crippen LogP contribution in [0.25, 0.3) is 11.5 Å². The molecule has 3 heterocycles. The molecular formula is C31H29N5O3. The Morgan fingerprint density at radius 1 is 0.897 bits per heavy atom. The molecule has 0 saturated carbocycles. The summed E-state index contributed by atoms with van der Waals surface area (Å²) in [6.07, 6.45) is 2.03. The molecule has 1 unspecified atom stereocenters. The van der Waals surface area contributed by atoms with Gasteiger partial charge in [-0.1, -0.05) is 30.3 Å². The van der Waals surface area contributed by atoms with Gasteiger partial charge in [-0.3, -0.25) is 0 Å². The van der Waals surface area contributed by atoms with Crippen molar-refractivity contribution >= 4 is 11.7 Å². The molecule has 0 spiro atoms. The largest absolute Gasteiger partial charge is 0.497 e. The van der Waals surface area contributed by atoms with E-state index in [-0.39, 0.29) is 12.1 Å². The van der Waals surface area contributed by atoms with E-state index in [9.17, 15) is 4.79 Å². The molecule has 8 nitrogen and oxygen atoms in total. The second-order valence-corrected chi connectivity index (χ2v) is 9.40. The quantitative estimate of drug-likeness (QED) is 0.303. The number of carbonyl (C=O) groups excluding carboxylic acids is 1. The Morgan fingerprint density at radius 3 is 2.41 bits per heavy atom. The smallest absolute Gasteiger partial charge is 0.322 e. The van der Waals surface area contributed by atoms with Gasteiger partial charge in [-0.2, -0.15) is 5.10 Å². The minimum absolute atomic E-state index is 0.222. The number of benzene rings is 3. The van der Waals surface area contributed by atoms with Gasteiger partial charge in [0.1, 0.15) is 17.3 Å². The summed E-state index contributed by atoms with van der Waals surface area (Å²) < 4.78 is 14.9. The summed E-state index contributed by atoms with van der Waals surface area (Å²) in [7, 11) is 3.27. The lowest BCUT2D eigenvalue weighted by molar-refractivity contribution is 0.194. The molecule has 0 aliphatic carbocycles. The van der Waals surface area contributed by atoms with Gasteiger partial charge in [0.05, 0.1) is 43.9 Å². The van der Waals surface area contributed by atoms with Crippen LogP contribution in [0.15, 0.2) is 97.2 Å². The molecule has 0 fully saturated rings. The number of carbonyl (C=O) groups is 1. The van der Waals surface area contributed by atoms with E-state index in [1.165, 1.54) is 0 Å². The number of ether oxygens (including phenoxy) is 2. The highest BCUT2D eigenvalue weighted by molar-refractivity contribution is 5.90. The molecule has 1 aliphatic heterocycles. The van der Waals surface area contributed by atoms with Gasteiger partial charge in [0.25, 0.3) is 0 Å². The number of anilines is 1. The molecule has 1 atom stereocenters. The molecule has 1 N–H and O–H groups in total. The third-order valence-corrected chi connectivity index (χ3v) is 7.10. The Labute approximate surface area is 227 Å². The van der Waals surface area contributed by atoms with Crippen molar-refractivity contribution in [1.82, 2.24) is 19.2 Å². The second kappa shape index (κ2) is 10.1. The summed E-state index contributed by atoms with van der Waals surface area (Å²) in [5.74, 6) is 2.38. The Morgan fingerprint density at radius 2 is 1.67 bits per heavy atom. The molecule has 5 aromatic rings. The van der Waals surface area contributed by atoms with Crippen LogP contribution in [0.4, 0.5) is 10.5 Å². The van der Waals surface area contributed by atoms with E-state index in [1.807, 2.05) is 108 Å². The number of fused-ring (bicyclic) bond motifs is 3. The zero-order valence-corrected chi connectivity index (χ0v) is 22.0. The summed E-state index contributed by atoms with van der Waals surface area (Å²) in [5, 5.41) is 8.00. The number of urea groups is 1. The number of aromatic nitrogens is 3. The Hall–Kier alpha value is -4.98. The number of methoxy groups -OCH3 is 2. The van der Waals surface area contributed by atoms with E-state index in [0.29, 0.717) is 12.2 Å². The maximum atomic E-state index is 14.1. The summed E-state index contributed by atoms with van der Waals surface area (Å²) >= 11 is 0. The molecule has 6 rings (SSSR count). The number of nitrogens with zero attached hydrogens (tertiary/aromatic N) is 4. The monoisotopic (exact) mass is 519 g/mol. The maximum Gasteiger partial charge on any atom is 0.322 e. The number of aryl methyl sites for hydroxylation is 1. The number of hydrogen-bond donors (Lipinski definition) is 1. The predicted molar refractivity (Wildman–Crippen MR) is 150 cm³/mol. The Kier molecular flexibility index (Phi) is 6.28. The van der Waals surface area contributed by atoms with Crippen LogP contribution in [0.2, 0.25) is 0 Å². The van der Waals surface area contributed by atoms with Gasteiger partial charge in [0.15, 0.2) is 0 Å². The van der Waals surface area contributed by atoms with Crippen molar-refractivity contribution in [3.05, 3.63) is 120 Å². The third-order valence-electron chi connectivity index (χ3n) is 7.10. The zero-order valence-electron chi connectivity index (χ0n) is 22.0. The van der Waals surface area contributed by atoms with Crippen molar-refractivity contribution < 1.29 is 14.3 Å². The second-order valence-electron chi connectivity index (χ2n) is 9.40. The van der Waals surface area contributed by atoms with Crippen LogP contribution in [0.1, 0.15) is 28.6 Å². The van der Waals surface area contributed by atoms with Gasteiger partial charge < -0.3 is 24.3 Å². The van der Waals surface area contributed by atoms with Crippen LogP contribution in [0.3, 0.4) is 0 Å². The van der Waals surface area contributed by atoms with Gasteiger partial charge in [0.2, 0.25) is 0 Å². The summed E-state index contributed by atoms with van der Waals surface area (Å²) in [6.45, 7) is 2.35. The Balaban J connectivity index is 1.51. The minimum atomic E-state index is -0.385. The first kappa shape index (κ1) is 24.4. The Bertz CT molecular complexity index is 1620. The van der Waals surface area contributed by atoms with E-state index in [2.05, 4.69) is 16.0 Å². The fraction of sp³-hybridized carbons (Fsp3) is 0.161. The zero-order chi connectivity index (χ0) is 26.9. The first-order valence-corrected chi connectivity index (χ1v) is 12.7. The van der Waals surface area contributed by atoms with Crippen molar-refractivity contribution in [3.8, 4) is 23.0 Å². The molecule has 0 saturated heterocycles. The standard InChI is InChI=1S/C31H29N5O3/c1-21-27-20-35(31(37)32-23-14-16-25(38-2)17-15-23)29(22-9-7-12-26(19-22)39-3)28-13-8-18-34(28)30(27)36(33-21)24-10-5-4-6-11-24/h4-19,29H,20H2,1-3H3,(H,32,37). The fourth-order valence-electron chi connectivity index (χ4n) is 5.18. The summed E-state index contributed by atoms with van der Waals surface area (Å²) in [6, 6.07) is 28.7. The van der Waals surface area contributed by atoms with Gasteiger partial charge >= 0.3 is 6.03 Å². The molecule has 0 bridgehead atoms. The van der Waals surface area contributed by atoms with Gasteiger partial charge in [-0.25, -0.2) is 9.48 Å². The van der Waals surface area contributed by atoms with Crippen LogP contribution in [-0.4, -0.2) is 39.5 Å². The number of nitrogens with one attached hydrogen (secondary N) is 1. The van der Waals surface area contributed by atoms with Crippen molar-refractivity contribution in [1.29, 1.82) is 0 Å². The topological polar surface area (TPSA) is 73.5 Å². The number of amides is 2. The summed E-state index contributed by atoms with van der Waals surface area (Å²) in [5.41, 5.74) is 5.37. The number of hydrogen-bond acceptors (Lipinski definition) is 4. The molecule has 196 valence electrons. The lowest BCUT2D eigenvalue weighted by atomic mass is 10.0. The number of para-hydroxylation sites is 1. The van der Waals surface area contributed by atoms with E-state index in [0.717, 1.165) is 45.5 Å². The van der Waals surface area contributed by atoms with Crippen LogP contribution >= 0.6 is 0 Å². The molecule has 1 aliphatic rings. The highest BCUT2D eigenvalue weighted by Gasteiger charge is 2.36. The first-order valence-electron chi connectivity index (χ1n) is 12.7. The van der Waals surface area contributed by atoms with Crippen LogP contribution in [0, 0.1) is 6.92 Å². The average molecular weight is 520 g/mol. The molecular weight excluding hydrogens is 490 g/mol. The van der Waals surface area contributed by atoms with Gasteiger partial charge in [0, 0.05) is 17.4 Å². The van der Waals surface area contributed by atoms with E-state index >= 15 is 0 Å². The van der Waals surface area contributed by atoms with Crippen LogP contribution in [-0.2, 0) is 6.54 Å². The SMILES string of the molecule is COc1ccc(NC(=O)N2Cc3c(C)nn(-c4ccccc4)c3-n3cccc3C2c2cccc(OC)c2)cc1. The third kappa shape index (κ3) is 4.40.